The Kier molecular flexibility index (Phi) is 5.67. The SMILES string of the molecule is COc1ccc(CCNCC(C)(C)C(C)C)cc1. The van der Waals surface area contributed by atoms with Crippen molar-refractivity contribution in [3.63, 3.8) is 0 Å². The van der Waals surface area contributed by atoms with Crippen LogP contribution in [0.4, 0.5) is 0 Å². The van der Waals surface area contributed by atoms with E-state index in [2.05, 4.69) is 45.1 Å². The van der Waals surface area contributed by atoms with Gasteiger partial charge in [-0.2, -0.15) is 0 Å². The van der Waals surface area contributed by atoms with E-state index in [0.717, 1.165) is 25.3 Å². The summed E-state index contributed by atoms with van der Waals surface area (Å²) in [5.74, 6) is 1.62. The van der Waals surface area contributed by atoms with Gasteiger partial charge in [-0.05, 0) is 42.0 Å². The molecule has 0 aromatic heterocycles. The van der Waals surface area contributed by atoms with E-state index >= 15 is 0 Å². The summed E-state index contributed by atoms with van der Waals surface area (Å²) in [4.78, 5) is 0. The van der Waals surface area contributed by atoms with Crippen LogP contribution in [0, 0.1) is 11.3 Å². The van der Waals surface area contributed by atoms with Crippen LogP contribution in [0.25, 0.3) is 0 Å². The summed E-state index contributed by atoms with van der Waals surface area (Å²) in [5.41, 5.74) is 1.71. The van der Waals surface area contributed by atoms with Gasteiger partial charge in [0.1, 0.15) is 5.75 Å². The third-order valence-electron chi connectivity index (χ3n) is 3.89. The maximum absolute atomic E-state index is 5.15. The van der Waals surface area contributed by atoms with E-state index in [1.165, 1.54) is 5.56 Å². The Hall–Kier alpha value is -1.02. The summed E-state index contributed by atoms with van der Waals surface area (Å²) in [6, 6.07) is 8.31. The first-order valence-corrected chi connectivity index (χ1v) is 6.79. The largest absolute Gasteiger partial charge is 0.497 e. The third kappa shape index (κ3) is 4.69. The highest BCUT2D eigenvalue weighted by atomic mass is 16.5. The van der Waals surface area contributed by atoms with Gasteiger partial charge >= 0.3 is 0 Å². The molecule has 0 aliphatic rings. The number of hydrogen-bond donors (Lipinski definition) is 1. The van der Waals surface area contributed by atoms with Crippen LogP contribution in [0.1, 0.15) is 33.3 Å². The van der Waals surface area contributed by atoms with E-state index in [1.807, 2.05) is 12.1 Å². The second-order valence-electron chi connectivity index (χ2n) is 5.92. The van der Waals surface area contributed by atoms with Crippen molar-refractivity contribution in [3.05, 3.63) is 29.8 Å². The molecule has 0 heterocycles. The highest BCUT2D eigenvalue weighted by molar-refractivity contribution is 5.27. The number of benzene rings is 1. The zero-order valence-corrected chi connectivity index (χ0v) is 12.4. The number of ether oxygens (including phenoxy) is 1. The summed E-state index contributed by atoms with van der Waals surface area (Å²) in [6.45, 7) is 11.3. The van der Waals surface area contributed by atoms with E-state index in [4.69, 9.17) is 4.74 Å². The molecular formula is C16H27NO. The Morgan fingerprint density at radius 1 is 1.17 bits per heavy atom. The Morgan fingerprint density at radius 2 is 1.78 bits per heavy atom. The highest BCUT2D eigenvalue weighted by Crippen LogP contribution is 2.24. The van der Waals surface area contributed by atoms with Crippen molar-refractivity contribution in [2.45, 2.75) is 34.1 Å². The normalized spacial score (nSPS) is 11.9. The van der Waals surface area contributed by atoms with Gasteiger partial charge in [0, 0.05) is 6.54 Å². The zero-order valence-electron chi connectivity index (χ0n) is 12.4. The second-order valence-corrected chi connectivity index (χ2v) is 5.92. The van der Waals surface area contributed by atoms with Gasteiger partial charge in [0.25, 0.3) is 0 Å². The third-order valence-corrected chi connectivity index (χ3v) is 3.89. The van der Waals surface area contributed by atoms with Crippen molar-refractivity contribution in [2.24, 2.45) is 11.3 Å². The van der Waals surface area contributed by atoms with Crippen LogP contribution < -0.4 is 10.1 Å². The molecule has 0 radical (unpaired) electrons. The van der Waals surface area contributed by atoms with Crippen LogP contribution in [-0.2, 0) is 6.42 Å². The Labute approximate surface area is 112 Å². The molecule has 0 aliphatic carbocycles. The molecular weight excluding hydrogens is 222 g/mol. The fourth-order valence-electron chi connectivity index (χ4n) is 1.64. The summed E-state index contributed by atoms with van der Waals surface area (Å²) >= 11 is 0. The van der Waals surface area contributed by atoms with Gasteiger partial charge in [-0.1, -0.05) is 39.8 Å². The maximum atomic E-state index is 5.15. The molecule has 0 spiro atoms. The average Bonchev–Trinajstić information content (AvgIpc) is 2.35. The number of methoxy groups -OCH3 is 1. The van der Waals surface area contributed by atoms with Crippen molar-refractivity contribution >= 4 is 0 Å². The Bertz CT molecular complexity index is 341. The van der Waals surface area contributed by atoms with Crippen molar-refractivity contribution in [1.82, 2.24) is 5.32 Å². The van der Waals surface area contributed by atoms with Gasteiger partial charge in [-0.3, -0.25) is 0 Å². The molecule has 2 heteroatoms. The molecule has 18 heavy (non-hydrogen) atoms. The molecule has 0 fully saturated rings. The fourth-order valence-corrected chi connectivity index (χ4v) is 1.64. The summed E-state index contributed by atoms with van der Waals surface area (Å²) < 4.78 is 5.15. The van der Waals surface area contributed by atoms with Gasteiger partial charge < -0.3 is 10.1 Å². The number of hydrogen-bond acceptors (Lipinski definition) is 2. The maximum Gasteiger partial charge on any atom is 0.118 e. The molecule has 0 saturated carbocycles. The number of nitrogens with one attached hydrogen (secondary N) is 1. The first-order valence-electron chi connectivity index (χ1n) is 6.79. The first-order chi connectivity index (χ1) is 8.45. The Morgan fingerprint density at radius 3 is 2.28 bits per heavy atom. The van der Waals surface area contributed by atoms with Gasteiger partial charge in [-0.15, -0.1) is 0 Å². The summed E-state index contributed by atoms with van der Waals surface area (Å²) in [5, 5.41) is 3.55. The quantitative estimate of drug-likeness (QED) is 0.747. The minimum absolute atomic E-state index is 0.361. The smallest absolute Gasteiger partial charge is 0.118 e. The van der Waals surface area contributed by atoms with Crippen LogP contribution in [0.3, 0.4) is 0 Å². The molecule has 0 saturated heterocycles. The van der Waals surface area contributed by atoms with Crippen LogP contribution in [0.15, 0.2) is 24.3 Å². The second kappa shape index (κ2) is 6.79. The van der Waals surface area contributed by atoms with E-state index in [1.54, 1.807) is 7.11 Å². The monoisotopic (exact) mass is 249 g/mol. The van der Waals surface area contributed by atoms with Crippen LogP contribution in [-0.4, -0.2) is 20.2 Å². The van der Waals surface area contributed by atoms with Gasteiger partial charge in [-0.25, -0.2) is 0 Å². The van der Waals surface area contributed by atoms with Crippen molar-refractivity contribution in [3.8, 4) is 5.75 Å². The molecule has 1 rings (SSSR count). The molecule has 1 aromatic rings. The molecule has 0 atom stereocenters. The minimum Gasteiger partial charge on any atom is -0.497 e. The van der Waals surface area contributed by atoms with Gasteiger partial charge in [0.2, 0.25) is 0 Å². The summed E-state index contributed by atoms with van der Waals surface area (Å²) in [7, 11) is 1.70. The fraction of sp³-hybridized carbons (Fsp3) is 0.625. The van der Waals surface area contributed by atoms with E-state index < -0.39 is 0 Å². The predicted molar refractivity (Wildman–Crippen MR) is 78.2 cm³/mol. The zero-order chi connectivity index (χ0) is 13.6. The average molecular weight is 249 g/mol. The van der Waals surface area contributed by atoms with Gasteiger partial charge in [0.15, 0.2) is 0 Å². The van der Waals surface area contributed by atoms with Crippen molar-refractivity contribution in [1.29, 1.82) is 0 Å². The molecule has 0 amide bonds. The van der Waals surface area contributed by atoms with Crippen LogP contribution in [0.2, 0.25) is 0 Å². The van der Waals surface area contributed by atoms with Crippen LogP contribution >= 0.6 is 0 Å². The van der Waals surface area contributed by atoms with E-state index in [9.17, 15) is 0 Å². The first kappa shape index (κ1) is 15.0. The van der Waals surface area contributed by atoms with Crippen molar-refractivity contribution in [2.75, 3.05) is 20.2 Å². The molecule has 0 bridgehead atoms. The minimum atomic E-state index is 0.361. The molecule has 0 aliphatic heterocycles. The molecule has 1 N–H and O–H groups in total. The lowest BCUT2D eigenvalue weighted by Gasteiger charge is -2.29. The lowest BCUT2D eigenvalue weighted by Crippen LogP contribution is -2.34. The van der Waals surface area contributed by atoms with Crippen LogP contribution in [0.5, 0.6) is 5.75 Å². The Balaban J connectivity index is 2.29. The molecule has 2 nitrogen and oxygen atoms in total. The van der Waals surface area contributed by atoms with E-state index in [-0.39, 0.29) is 0 Å². The lowest BCUT2D eigenvalue weighted by atomic mass is 9.81. The van der Waals surface area contributed by atoms with E-state index in [0.29, 0.717) is 11.3 Å². The molecule has 102 valence electrons. The molecule has 1 aromatic carbocycles. The predicted octanol–water partition coefficient (Wildman–Crippen LogP) is 3.51. The standard InChI is InChI=1S/C16H27NO/c1-13(2)16(3,4)12-17-11-10-14-6-8-15(18-5)9-7-14/h6-9,13,17H,10-12H2,1-5H3. The van der Waals surface area contributed by atoms with Gasteiger partial charge in [0.05, 0.1) is 7.11 Å². The number of rotatable bonds is 7. The molecule has 0 unspecified atom stereocenters. The summed E-state index contributed by atoms with van der Waals surface area (Å²) in [6.07, 6.45) is 1.07. The lowest BCUT2D eigenvalue weighted by molar-refractivity contribution is 0.239. The van der Waals surface area contributed by atoms with Crippen molar-refractivity contribution < 1.29 is 4.74 Å². The topological polar surface area (TPSA) is 21.3 Å². The highest BCUT2D eigenvalue weighted by Gasteiger charge is 2.21.